The smallest absolute Gasteiger partial charge is 0.272 e. The Bertz CT molecular complexity index is 375. The zero-order chi connectivity index (χ0) is 11.7. The van der Waals surface area contributed by atoms with Gasteiger partial charge in [0.1, 0.15) is 5.69 Å². The lowest BCUT2D eigenvalue weighted by Gasteiger charge is -2.34. The van der Waals surface area contributed by atoms with Gasteiger partial charge in [0.2, 0.25) is 0 Å². The van der Waals surface area contributed by atoms with Crippen molar-refractivity contribution in [3.05, 3.63) is 18.0 Å². The van der Waals surface area contributed by atoms with Gasteiger partial charge in [-0.15, -0.1) is 0 Å². The fourth-order valence-corrected chi connectivity index (χ4v) is 2.57. The van der Waals surface area contributed by atoms with Gasteiger partial charge in [-0.05, 0) is 24.3 Å². The Balaban J connectivity index is 2.13. The van der Waals surface area contributed by atoms with Gasteiger partial charge < -0.3 is 4.90 Å². The molecule has 0 aliphatic carbocycles. The molecule has 4 nitrogen and oxygen atoms in total. The minimum Gasteiger partial charge on any atom is -0.337 e. The third-order valence-electron chi connectivity index (χ3n) is 3.20. The van der Waals surface area contributed by atoms with Crippen LogP contribution in [0.3, 0.4) is 0 Å². The zero-order valence-electron chi connectivity index (χ0n) is 10.2. The van der Waals surface area contributed by atoms with Gasteiger partial charge in [0, 0.05) is 26.3 Å². The van der Waals surface area contributed by atoms with Gasteiger partial charge in [-0.1, -0.05) is 13.8 Å². The first-order valence-corrected chi connectivity index (χ1v) is 5.85. The molecule has 0 radical (unpaired) electrons. The van der Waals surface area contributed by atoms with E-state index in [0.717, 1.165) is 13.1 Å². The van der Waals surface area contributed by atoms with Gasteiger partial charge in [0.25, 0.3) is 5.91 Å². The maximum atomic E-state index is 12.2. The SMILES string of the molecule is CC1CC(C)CN(C(=O)c2ccnn2C)C1. The van der Waals surface area contributed by atoms with Crippen molar-refractivity contribution in [2.24, 2.45) is 18.9 Å². The number of aromatic nitrogens is 2. The van der Waals surface area contributed by atoms with E-state index in [1.54, 1.807) is 16.9 Å². The molecule has 1 aliphatic heterocycles. The molecule has 1 aliphatic rings. The first kappa shape index (κ1) is 11.2. The summed E-state index contributed by atoms with van der Waals surface area (Å²) in [6, 6.07) is 1.78. The molecule has 2 unspecified atom stereocenters. The average molecular weight is 221 g/mol. The van der Waals surface area contributed by atoms with Crippen LogP contribution in [0.2, 0.25) is 0 Å². The van der Waals surface area contributed by atoms with Gasteiger partial charge >= 0.3 is 0 Å². The monoisotopic (exact) mass is 221 g/mol. The second kappa shape index (κ2) is 4.28. The number of aryl methyl sites for hydroxylation is 1. The van der Waals surface area contributed by atoms with Gasteiger partial charge in [-0.3, -0.25) is 9.48 Å². The molecule has 0 spiro atoms. The van der Waals surface area contributed by atoms with Crippen LogP contribution in [0.4, 0.5) is 0 Å². The van der Waals surface area contributed by atoms with E-state index in [9.17, 15) is 4.79 Å². The quantitative estimate of drug-likeness (QED) is 0.721. The van der Waals surface area contributed by atoms with E-state index in [1.165, 1.54) is 6.42 Å². The second-order valence-corrected chi connectivity index (χ2v) is 5.00. The number of nitrogens with zero attached hydrogens (tertiary/aromatic N) is 3. The fourth-order valence-electron chi connectivity index (χ4n) is 2.57. The lowest BCUT2D eigenvalue weighted by molar-refractivity contribution is 0.0612. The predicted octanol–water partition coefficient (Wildman–Crippen LogP) is 1.54. The minimum atomic E-state index is 0.110. The Morgan fingerprint density at radius 3 is 2.50 bits per heavy atom. The molecular weight excluding hydrogens is 202 g/mol. The number of piperidine rings is 1. The Morgan fingerprint density at radius 2 is 2.00 bits per heavy atom. The number of carbonyl (C=O) groups is 1. The highest BCUT2D eigenvalue weighted by molar-refractivity contribution is 5.92. The highest BCUT2D eigenvalue weighted by Gasteiger charge is 2.27. The van der Waals surface area contributed by atoms with Gasteiger partial charge in [-0.25, -0.2) is 0 Å². The summed E-state index contributed by atoms with van der Waals surface area (Å²) >= 11 is 0. The number of carbonyl (C=O) groups excluding carboxylic acids is 1. The number of hydrogen-bond acceptors (Lipinski definition) is 2. The normalized spacial score (nSPS) is 25.8. The molecule has 1 saturated heterocycles. The van der Waals surface area contributed by atoms with Crippen molar-refractivity contribution in [1.82, 2.24) is 14.7 Å². The molecule has 16 heavy (non-hydrogen) atoms. The van der Waals surface area contributed by atoms with Crippen molar-refractivity contribution >= 4 is 5.91 Å². The maximum absolute atomic E-state index is 12.2. The van der Waals surface area contributed by atoms with Crippen molar-refractivity contribution < 1.29 is 4.79 Å². The molecular formula is C12H19N3O. The van der Waals surface area contributed by atoms with E-state index in [-0.39, 0.29) is 5.91 Å². The second-order valence-electron chi connectivity index (χ2n) is 5.00. The largest absolute Gasteiger partial charge is 0.337 e. The van der Waals surface area contributed by atoms with E-state index >= 15 is 0 Å². The van der Waals surface area contributed by atoms with Gasteiger partial charge in [0.15, 0.2) is 0 Å². The summed E-state index contributed by atoms with van der Waals surface area (Å²) in [7, 11) is 1.81. The molecule has 1 aromatic heterocycles. The fraction of sp³-hybridized carbons (Fsp3) is 0.667. The van der Waals surface area contributed by atoms with Crippen molar-refractivity contribution in [3.63, 3.8) is 0 Å². The van der Waals surface area contributed by atoms with E-state index in [1.807, 2.05) is 11.9 Å². The van der Waals surface area contributed by atoms with Gasteiger partial charge in [-0.2, -0.15) is 5.10 Å². The van der Waals surface area contributed by atoms with Crippen molar-refractivity contribution in [1.29, 1.82) is 0 Å². The van der Waals surface area contributed by atoms with Crippen LogP contribution in [0.5, 0.6) is 0 Å². The van der Waals surface area contributed by atoms with Crippen LogP contribution in [-0.2, 0) is 7.05 Å². The summed E-state index contributed by atoms with van der Waals surface area (Å²) < 4.78 is 1.65. The standard InChI is InChI=1S/C12H19N3O/c1-9-6-10(2)8-15(7-9)12(16)11-4-5-13-14(11)3/h4-5,9-10H,6-8H2,1-3H3. The zero-order valence-corrected chi connectivity index (χ0v) is 10.2. The Morgan fingerprint density at radius 1 is 1.38 bits per heavy atom. The summed E-state index contributed by atoms with van der Waals surface area (Å²) in [6.45, 7) is 6.15. The van der Waals surface area contributed by atoms with E-state index in [0.29, 0.717) is 17.5 Å². The third kappa shape index (κ3) is 2.10. The average Bonchev–Trinajstić information content (AvgIpc) is 2.62. The molecule has 0 N–H and O–H groups in total. The molecule has 1 aromatic rings. The molecule has 2 rings (SSSR count). The van der Waals surface area contributed by atoms with Crippen molar-refractivity contribution in [2.45, 2.75) is 20.3 Å². The summed E-state index contributed by atoms with van der Waals surface area (Å²) in [4.78, 5) is 14.2. The van der Waals surface area contributed by atoms with E-state index in [2.05, 4.69) is 18.9 Å². The van der Waals surface area contributed by atoms with Crippen LogP contribution < -0.4 is 0 Å². The van der Waals surface area contributed by atoms with Crippen LogP contribution in [0.1, 0.15) is 30.8 Å². The summed E-state index contributed by atoms with van der Waals surface area (Å²) in [5.41, 5.74) is 0.682. The van der Waals surface area contributed by atoms with Crippen LogP contribution in [-0.4, -0.2) is 33.7 Å². The molecule has 88 valence electrons. The molecule has 0 bridgehead atoms. The van der Waals surface area contributed by atoms with E-state index < -0.39 is 0 Å². The summed E-state index contributed by atoms with van der Waals surface area (Å²) in [5.74, 6) is 1.31. The van der Waals surface area contributed by atoms with Crippen LogP contribution >= 0.6 is 0 Å². The lowest BCUT2D eigenvalue weighted by Crippen LogP contribution is -2.43. The number of rotatable bonds is 1. The van der Waals surface area contributed by atoms with E-state index in [4.69, 9.17) is 0 Å². The number of likely N-dealkylation sites (tertiary alicyclic amines) is 1. The highest BCUT2D eigenvalue weighted by atomic mass is 16.2. The molecule has 0 saturated carbocycles. The molecule has 2 atom stereocenters. The first-order valence-electron chi connectivity index (χ1n) is 5.85. The molecule has 1 amide bonds. The van der Waals surface area contributed by atoms with Crippen LogP contribution in [0.15, 0.2) is 12.3 Å². The minimum absolute atomic E-state index is 0.110. The predicted molar refractivity (Wildman–Crippen MR) is 62.1 cm³/mol. The molecule has 4 heteroatoms. The van der Waals surface area contributed by atoms with Crippen molar-refractivity contribution in [2.75, 3.05) is 13.1 Å². The topological polar surface area (TPSA) is 38.1 Å². The number of hydrogen-bond donors (Lipinski definition) is 0. The number of amides is 1. The third-order valence-corrected chi connectivity index (χ3v) is 3.20. The van der Waals surface area contributed by atoms with Crippen LogP contribution in [0, 0.1) is 11.8 Å². The molecule has 1 fully saturated rings. The first-order chi connectivity index (χ1) is 7.58. The Hall–Kier alpha value is -1.32. The Kier molecular flexibility index (Phi) is 2.99. The maximum Gasteiger partial charge on any atom is 0.272 e. The van der Waals surface area contributed by atoms with Crippen LogP contribution in [0.25, 0.3) is 0 Å². The molecule has 0 aromatic carbocycles. The summed E-state index contributed by atoms with van der Waals surface area (Å²) in [6.07, 6.45) is 2.89. The Labute approximate surface area is 96.2 Å². The molecule has 2 heterocycles. The highest BCUT2D eigenvalue weighted by Crippen LogP contribution is 2.22. The van der Waals surface area contributed by atoms with Crippen molar-refractivity contribution in [3.8, 4) is 0 Å². The summed E-state index contributed by atoms with van der Waals surface area (Å²) in [5, 5.41) is 4.04. The lowest BCUT2D eigenvalue weighted by atomic mass is 9.92. The van der Waals surface area contributed by atoms with Gasteiger partial charge in [0.05, 0.1) is 0 Å².